The lowest BCUT2D eigenvalue weighted by atomic mass is 10.1. The lowest BCUT2D eigenvalue weighted by Gasteiger charge is -2.37. The van der Waals surface area contributed by atoms with Gasteiger partial charge in [0, 0.05) is 43.2 Å². The maximum absolute atomic E-state index is 5.76. The highest BCUT2D eigenvalue weighted by atomic mass is 15.3. The molecule has 0 bridgehead atoms. The van der Waals surface area contributed by atoms with Gasteiger partial charge in [-0.3, -0.25) is 0 Å². The Morgan fingerprint density at radius 3 is 1.68 bits per heavy atom. The molecule has 0 spiro atoms. The van der Waals surface area contributed by atoms with Crippen LogP contribution in [0, 0.1) is 0 Å². The third-order valence-corrected chi connectivity index (χ3v) is 4.38. The number of nitrogen functional groups attached to an aromatic ring is 1. The van der Waals surface area contributed by atoms with Crippen LogP contribution >= 0.6 is 0 Å². The van der Waals surface area contributed by atoms with Gasteiger partial charge in [-0.05, 0) is 48.4 Å². The van der Waals surface area contributed by atoms with Gasteiger partial charge in [-0.2, -0.15) is 0 Å². The maximum Gasteiger partial charge on any atom is 0.0368 e. The maximum atomic E-state index is 5.76. The van der Waals surface area contributed by atoms with Crippen LogP contribution in [0.15, 0.2) is 48.5 Å². The van der Waals surface area contributed by atoms with Crippen molar-refractivity contribution in [2.75, 3.05) is 41.7 Å². The molecule has 1 aliphatic rings. The van der Waals surface area contributed by atoms with Gasteiger partial charge in [-0.25, -0.2) is 0 Å². The number of nitrogens with zero attached hydrogens (tertiary/aromatic N) is 2. The fourth-order valence-electron chi connectivity index (χ4n) is 3.07. The van der Waals surface area contributed by atoms with Gasteiger partial charge in [0.15, 0.2) is 0 Å². The zero-order chi connectivity index (χ0) is 15.4. The van der Waals surface area contributed by atoms with Gasteiger partial charge in [0.25, 0.3) is 0 Å². The van der Waals surface area contributed by atoms with E-state index in [0.29, 0.717) is 0 Å². The van der Waals surface area contributed by atoms with E-state index in [-0.39, 0.29) is 0 Å². The topological polar surface area (TPSA) is 32.5 Å². The van der Waals surface area contributed by atoms with Crippen molar-refractivity contribution in [3.63, 3.8) is 0 Å². The molecule has 1 fully saturated rings. The number of hydrogen-bond donors (Lipinski definition) is 1. The van der Waals surface area contributed by atoms with Crippen LogP contribution in [0.3, 0.4) is 0 Å². The standard InChI is InChI=1S/C19H25N3/c1-2-3-16-4-8-18(9-5-16)21-12-14-22(15-13-21)19-10-6-17(20)7-11-19/h4-11H,2-3,12-15,20H2,1H3. The molecule has 3 nitrogen and oxygen atoms in total. The lowest BCUT2D eigenvalue weighted by Crippen LogP contribution is -2.46. The molecule has 0 aliphatic carbocycles. The van der Waals surface area contributed by atoms with Gasteiger partial charge in [0.1, 0.15) is 0 Å². The van der Waals surface area contributed by atoms with Crippen molar-refractivity contribution in [2.45, 2.75) is 19.8 Å². The Morgan fingerprint density at radius 2 is 1.23 bits per heavy atom. The van der Waals surface area contributed by atoms with Gasteiger partial charge >= 0.3 is 0 Å². The van der Waals surface area contributed by atoms with E-state index in [4.69, 9.17) is 5.73 Å². The first-order valence-corrected chi connectivity index (χ1v) is 8.20. The van der Waals surface area contributed by atoms with Crippen LogP contribution in [-0.4, -0.2) is 26.2 Å². The number of piperazine rings is 1. The average Bonchev–Trinajstić information content (AvgIpc) is 2.57. The number of anilines is 3. The van der Waals surface area contributed by atoms with E-state index in [9.17, 15) is 0 Å². The molecule has 0 unspecified atom stereocenters. The summed E-state index contributed by atoms with van der Waals surface area (Å²) >= 11 is 0. The molecular formula is C19H25N3. The Hall–Kier alpha value is -2.16. The molecule has 0 saturated carbocycles. The Kier molecular flexibility index (Phi) is 4.52. The van der Waals surface area contributed by atoms with E-state index in [0.717, 1.165) is 31.9 Å². The molecule has 0 aromatic heterocycles. The molecule has 3 heteroatoms. The van der Waals surface area contributed by atoms with Crippen molar-refractivity contribution in [2.24, 2.45) is 0 Å². The summed E-state index contributed by atoms with van der Waals surface area (Å²) in [6, 6.07) is 17.3. The number of aryl methyl sites for hydroxylation is 1. The Balaban J connectivity index is 1.60. The highest BCUT2D eigenvalue weighted by Gasteiger charge is 2.17. The molecule has 0 radical (unpaired) electrons. The summed E-state index contributed by atoms with van der Waals surface area (Å²) < 4.78 is 0. The quantitative estimate of drug-likeness (QED) is 0.876. The van der Waals surface area contributed by atoms with Crippen molar-refractivity contribution < 1.29 is 0 Å². The van der Waals surface area contributed by atoms with Crippen molar-refractivity contribution in [3.8, 4) is 0 Å². The van der Waals surface area contributed by atoms with Crippen LogP contribution in [0.25, 0.3) is 0 Å². The molecule has 2 aromatic carbocycles. The second-order valence-corrected chi connectivity index (χ2v) is 5.98. The summed E-state index contributed by atoms with van der Waals surface area (Å²) in [6.07, 6.45) is 2.38. The zero-order valence-corrected chi connectivity index (χ0v) is 13.3. The first kappa shape index (κ1) is 14.8. The summed E-state index contributed by atoms with van der Waals surface area (Å²) in [6.45, 7) is 6.47. The summed E-state index contributed by atoms with van der Waals surface area (Å²) in [4.78, 5) is 4.91. The Morgan fingerprint density at radius 1 is 0.773 bits per heavy atom. The van der Waals surface area contributed by atoms with Crippen LogP contribution in [-0.2, 0) is 6.42 Å². The molecule has 1 heterocycles. The van der Waals surface area contributed by atoms with Crippen LogP contribution in [0.1, 0.15) is 18.9 Å². The van der Waals surface area contributed by atoms with E-state index < -0.39 is 0 Å². The smallest absolute Gasteiger partial charge is 0.0368 e. The van der Waals surface area contributed by atoms with Gasteiger partial charge in [0.05, 0.1) is 0 Å². The number of nitrogens with two attached hydrogens (primary N) is 1. The highest BCUT2D eigenvalue weighted by molar-refractivity contribution is 5.55. The minimum absolute atomic E-state index is 0.828. The van der Waals surface area contributed by atoms with E-state index in [2.05, 4.69) is 53.1 Å². The average molecular weight is 295 g/mol. The Bertz CT molecular complexity index is 581. The molecular weight excluding hydrogens is 270 g/mol. The number of benzene rings is 2. The van der Waals surface area contributed by atoms with Crippen LogP contribution < -0.4 is 15.5 Å². The summed E-state index contributed by atoms with van der Waals surface area (Å²) in [7, 11) is 0. The second kappa shape index (κ2) is 6.73. The molecule has 1 aliphatic heterocycles. The minimum atomic E-state index is 0.828. The van der Waals surface area contributed by atoms with Gasteiger partial charge in [-0.1, -0.05) is 25.5 Å². The van der Waals surface area contributed by atoms with Gasteiger partial charge in [-0.15, -0.1) is 0 Å². The predicted octanol–water partition coefficient (Wildman–Crippen LogP) is 3.55. The van der Waals surface area contributed by atoms with E-state index in [1.54, 1.807) is 0 Å². The number of rotatable bonds is 4. The first-order chi connectivity index (χ1) is 10.8. The van der Waals surface area contributed by atoms with Crippen molar-refractivity contribution in [1.82, 2.24) is 0 Å². The molecule has 2 aromatic rings. The van der Waals surface area contributed by atoms with Crippen molar-refractivity contribution in [3.05, 3.63) is 54.1 Å². The summed E-state index contributed by atoms with van der Waals surface area (Å²) in [5.74, 6) is 0. The number of hydrogen-bond acceptors (Lipinski definition) is 3. The molecule has 22 heavy (non-hydrogen) atoms. The first-order valence-electron chi connectivity index (χ1n) is 8.20. The van der Waals surface area contributed by atoms with E-state index in [1.165, 1.54) is 29.8 Å². The summed E-state index contributed by atoms with van der Waals surface area (Å²) in [5, 5.41) is 0. The van der Waals surface area contributed by atoms with E-state index >= 15 is 0 Å². The second-order valence-electron chi connectivity index (χ2n) is 5.98. The van der Waals surface area contributed by atoms with Crippen molar-refractivity contribution >= 4 is 17.1 Å². The summed E-state index contributed by atoms with van der Waals surface area (Å²) in [5.41, 5.74) is 10.6. The van der Waals surface area contributed by atoms with Gasteiger partial charge in [0.2, 0.25) is 0 Å². The van der Waals surface area contributed by atoms with Crippen LogP contribution in [0.4, 0.5) is 17.1 Å². The molecule has 0 amide bonds. The third kappa shape index (κ3) is 3.35. The predicted molar refractivity (Wildman–Crippen MR) is 95.7 cm³/mol. The fourth-order valence-corrected chi connectivity index (χ4v) is 3.07. The molecule has 116 valence electrons. The van der Waals surface area contributed by atoms with Crippen LogP contribution in [0.5, 0.6) is 0 Å². The third-order valence-electron chi connectivity index (χ3n) is 4.38. The largest absolute Gasteiger partial charge is 0.399 e. The lowest BCUT2D eigenvalue weighted by molar-refractivity contribution is 0.653. The normalized spacial score (nSPS) is 15.1. The fraction of sp³-hybridized carbons (Fsp3) is 0.368. The van der Waals surface area contributed by atoms with Gasteiger partial charge < -0.3 is 15.5 Å². The molecule has 0 atom stereocenters. The zero-order valence-electron chi connectivity index (χ0n) is 13.3. The SMILES string of the molecule is CCCc1ccc(N2CCN(c3ccc(N)cc3)CC2)cc1. The highest BCUT2D eigenvalue weighted by Crippen LogP contribution is 2.22. The van der Waals surface area contributed by atoms with Crippen LogP contribution in [0.2, 0.25) is 0 Å². The molecule has 3 rings (SSSR count). The minimum Gasteiger partial charge on any atom is -0.399 e. The van der Waals surface area contributed by atoms with E-state index in [1.807, 2.05) is 12.1 Å². The molecule has 1 saturated heterocycles. The molecule has 2 N–H and O–H groups in total. The monoisotopic (exact) mass is 295 g/mol. The van der Waals surface area contributed by atoms with Crippen molar-refractivity contribution in [1.29, 1.82) is 0 Å². The Labute approximate surface area is 133 Å².